The van der Waals surface area contributed by atoms with Gasteiger partial charge in [0, 0.05) is 18.8 Å². The Morgan fingerprint density at radius 3 is 2.85 bits per heavy atom. The summed E-state index contributed by atoms with van der Waals surface area (Å²) in [6.45, 7) is 7.27. The van der Waals surface area contributed by atoms with Crippen molar-refractivity contribution in [3.63, 3.8) is 0 Å². The summed E-state index contributed by atoms with van der Waals surface area (Å²) >= 11 is 0. The van der Waals surface area contributed by atoms with Crippen LogP contribution in [-0.2, 0) is 6.54 Å². The number of aromatic nitrogens is 3. The first-order valence-electron chi connectivity index (χ1n) is 9.90. The summed E-state index contributed by atoms with van der Waals surface area (Å²) in [5.74, 6) is 2.36. The summed E-state index contributed by atoms with van der Waals surface area (Å²) in [6, 6.07) is 13.0. The predicted molar refractivity (Wildman–Crippen MR) is 109 cm³/mol. The van der Waals surface area contributed by atoms with E-state index < -0.39 is 0 Å². The third-order valence-electron chi connectivity index (χ3n) is 5.15. The molecule has 2 aromatic heterocycles. The Morgan fingerprint density at radius 2 is 2.11 bits per heavy atom. The molecule has 1 aromatic carbocycles. The topological polar surface area (TPSA) is 68.9 Å². The lowest BCUT2D eigenvalue weighted by Gasteiger charge is -2.23. The van der Waals surface area contributed by atoms with Gasteiger partial charge in [-0.1, -0.05) is 49.2 Å². The van der Waals surface area contributed by atoms with E-state index in [4.69, 9.17) is 4.98 Å². The average molecular weight is 366 g/mol. The fourth-order valence-corrected chi connectivity index (χ4v) is 3.63. The van der Waals surface area contributed by atoms with Crippen molar-refractivity contribution in [1.82, 2.24) is 15.4 Å². The Labute approximate surface area is 160 Å². The molecule has 0 radical (unpaired) electrons. The summed E-state index contributed by atoms with van der Waals surface area (Å²) in [5.41, 5.74) is 3.46. The standard InChI is InChI=1S/C21H28N6/c1-15(2)18-14-24-27-20(23-12-16-7-4-3-5-8-16)11-19(26-21(18)27)25-17-9-6-10-22-13-17/h3-5,7-8,11,14-15,17,22H,6,9-10,12-13H2,1-2H3,(H2,23,24,25,26)/p+1/t17-/m0/s1. The number of nitrogens with zero attached hydrogens (tertiary/aromatic N) is 2. The lowest BCUT2D eigenvalue weighted by molar-refractivity contribution is -0.564. The first-order valence-corrected chi connectivity index (χ1v) is 9.90. The van der Waals surface area contributed by atoms with E-state index >= 15 is 0 Å². The maximum absolute atomic E-state index is 4.92. The number of hydrogen-bond donors (Lipinski definition) is 4. The van der Waals surface area contributed by atoms with Crippen LogP contribution in [0, 0.1) is 0 Å². The third kappa shape index (κ3) is 4.06. The quantitative estimate of drug-likeness (QED) is 0.507. The van der Waals surface area contributed by atoms with E-state index in [2.05, 4.69) is 71.4 Å². The van der Waals surface area contributed by atoms with Crippen LogP contribution in [0.4, 0.5) is 11.6 Å². The van der Waals surface area contributed by atoms with Crippen molar-refractivity contribution in [1.29, 1.82) is 0 Å². The molecule has 27 heavy (non-hydrogen) atoms. The van der Waals surface area contributed by atoms with E-state index in [1.54, 1.807) is 0 Å². The molecule has 1 aliphatic heterocycles. The van der Waals surface area contributed by atoms with Gasteiger partial charge in [0.15, 0.2) is 0 Å². The highest BCUT2D eigenvalue weighted by Gasteiger charge is 2.22. The van der Waals surface area contributed by atoms with Crippen LogP contribution in [0.25, 0.3) is 5.65 Å². The van der Waals surface area contributed by atoms with E-state index in [0.29, 0.717) is 12.0 Å². The molecular weight excluding hydrogens is 336 g/mol. The number of piperidine rings is 1. The van der Waals surface area contributed by atoms with Crippen LogP contribution < -0.4 is 20.5 Å². The largest absolute Gasteiger partial charge is 0.352 e. The zero-order chi connectivity index (χ0) is 18.6. The van der Waals surface area contributed by atoms with E-state index in [1.165, 1.54) is 24.0 Å². The van der Waals surface area contributed by atoms with Crippen LogP contribution in [-0.4, -0.2) is 29.2 Å². The highest BCUT2D eigenvalue weighted by molar-refractivity contribution is 5.54. The zero-order valence-corrected chi connectivity index (χ0v) is 16.1. The van der Waals surface area contributed by atoms with Gasteiger partial charge in [-0.15, -0.1) is 4.52 Å². The van der Waals surface area contributed by atoms with Gasteiger partial charge in [0.1, 0.15) is 0 Å². The van der Waals surface area contributed by atoms with E-state index in [9.17, 15) is 0 Å². The van der Waals surface area contributed by atoms with Crippen molar-refractivity contribution < 1.29 is 4.52 Å². The lowest BCUT2D eigenvalue weighted by atomic mass is 10.1. The minimum absolute atomic E-state index is 0.410. The van der Waals surface area contributed by atoms with Crippen molar-refractivity contribution in [2.45, 2.75) is 45.2 Å². The van der Waals surface area contributed by atoms with E-state index in [0.717, 1.165) is 36.9 Å². The molecule has 142 valence electrons. The van der Waals surface area contributed by atoms with Gasteiger partial charge in [-0.25, -0.2) is 0 Å². The number of anilines is 2. The normalized spacial score (nSPS) is 17.4. The number of hydrogen-bond acceptors (Lipinski definition) is 4. The van der Waals surface area contributed by atoms with Crippen molar-refractivity contribution in [3.05, 3.63) is 53.7 Å². The number of H-pyrrole nitrogens is 1. The molecule has 1 saturated heterocycles. The molecule has 0 unspecified atom stereocenters. The second kappa shape index (κ2) is 7.96. The Kier molecular flexibility index (Phi) is 5.25. The first kappa shape index (κ1) is 17.8. The maximum atomic E-state index is 4.92. The summed E-state index contributed by atoms with van der Waals surface area (Å²) in [5, 5.41) is 14.0. The monoisotopic (exact) mass is 365 g/mol. The molecule has 4 rings (SSSR count). The SMILES string of the molecule is CC(C)c1c[nH][n+]2c(NCc3ccccc3)cc(N[C@H]3CCCNC3)nc12. The number of rotatable bonds is 6. The van der Waals surface area contributed by atoms with E-state index in [1.807, 2.05) is 10.6 Å². The maximum Gasteiger partial charge on any atom is 0.292 e. The van der Waals surface area contributed by atoms with Crippen molar-refractivity contribution in [2.75, 3.05) is 23.7 Å². The lowest BCUT2D eigenvalue weighted by Crippen LogP contribution is -2.39. The van der Waals surface area contributed by atoms with Crippen LogP contribution in [0.15, 0.2) is 42.6 Å². The smallest absolute Gasteiger partial charge is 0.292 e. The van der Waals surface area contributed by atoms with Crippen LogP contribution in [0.1, 0.15) is 43.7 Å². The molecule has 0 bridgehead atoms. The fourth-order valence-electron chi connectivity index (χ4n) is 3.63. The molecule has 3 aromatic rings. The Morgan fingerprint density at radius 1 is 1.26 bits per heavy atom. The summed E-state index contributed by atoms with van der Waals surface area (Å²) in [6.07, 6.45) is 4.44. The van der Waals surface area contributed by atoms with Crippen LogP contribution in [0.5, 0.6) is 0 Å². The van der Waals surface area contributed by atoms with Crippen LogP contribution in [0.2, 0.25) is 0 Å². The minimum Gasteiger partial charge on any atom is -0.352 e. The summed E-state index contributed by atoms with van der Waals surface area (Å²) in [4.78, 5) is 4.92. The van der Waals surface area contributed by atoms with Crippen molar-refractivity contribution >= 4 is 17.3 Å². The Bertz CT molecular complexity index is 880. The second-order valence-corrected chi connectivity index (χ2v) is 7.60. The average Bonchev–Trinajstić information content (AvgIpc) is 3.12. The predicted octanol–water partition coefficient (Wildman–Crippen LogP) is 3.05. The van der Waals surface area contributed by atoms with E-state index in [-0.39, 0.29) is 0 Å². The molecule has 0 aliphatic carbocycles. The molecule has 0 amide bonds. The number of benzene rings is 1. The van der Waals surface area contributed by atoms with Crippen LogP contribution in [0.3, 0.4) is 0 Å². The fraction of sp³-hybridized carbons (Fsp3) is 0.429. The molecule has 6 nitrogen and oxygen atoms in total. The third-order valence-corrected chi connectivity index (χ3v) is 5.15. The molecule has 4 N–H and O–H groups in total. The second-order valence-electron chi connectivity index (χ2n) is 7.60. The zero-order valence-electron chi connectivity index (χ0n) is 16.1. The summed E-state index contributed by atoms with van der Waals surface area (Å²) < 4.78 is 2.04. The highest BCUT2D eigenvalue weighted by atomic mass is 15.3. The van der Waals surface area contributed by atoms with Gasteiger partial charge in [-0.3, -0.25) is 10.4 Å². The first-order chi connectivity index (χ1) is 13.2. The molecule has 0 spiro atoms. The Hall–Kier alpha value is -2.60. The van der Waals surface area contributed by atoms with Gasteiger partial charge in [0.25, 0.3) is 5.65 Å². The van der Waals surface area contributed by atoms with Crippen molar-refractivity contribution in [3.8, 4) is 0 Å². The Balaban J connectivity index is 1.64. The highest BCUT2D eigenvalue weighted by Crippen LogP contribution is 2.21. The molecule has 6 heteroatoms. The molecule has 1 aliphatic rings. The molecule has 0 saturated carbocycles. The molecule has 3 heterocycles. The molecular formula is C21H29N6+. The van der Waals surface area contributed by atoms with Gasteiger partial charge in [-0.2, -0.15) is 0 Å². The molecule has 1 fully saturated rings. The van der Waals surface area contributed by atoms with Gasteiger partial charge in [0.05, 0.1) is 18.2 Å². The number of aromatic amines is 1. The van der Waals surface area contributed by atoms with Crippen LogP contribution >= 0.6 is 0 Å². The number of fused-ring (bicyclic) bond motifs is 1. The minimum atomic E-state index is 0.410. The summed E-state index contributed by atoms with van der Waals surface area (Å²) in [7, 11) is 0. The van der Waals surface area contributed by atoms with Gasteiger partial charge >= 0.3 is 0 Å². The van der Waals surface area contributed by atoms with Gasteiger partial charge in [0.2, 0.25) is 11.6 Å². The molecule has 1 atom stereocenters. The van der Waals surface area contributed by atoms with Crippen molar-refractivity contribution in [2.24, 2.45) is 0 Å². The number of nitrogens with one attached hydrogen (secondary N) is 4. The van der Waals surface area contributed by atoms with Gasteiger partial charge in [-0.05, 0) is 30.9 Å². The van der Waals surface area contributed by atoms with Gasteiger partial charge < -0.3 is 10.6 Å².